The van der Waals surface area contributed by atoms with Crippen LogP contribution in [0.25, 0.3) is 0 Å². The van der Waals surface area contributed by atoms with Gasteiger partial charge in [-0.05, 0) is 49.8 Å². The number of Topliss-reactive ketones (excluding diaryl/α,β-unsaturated/α-hetero) is 1. The van der Waals surface area contributed by atoms with Crippen LogP contribution in [0.2, 0.25) is 0 Å². The Hall–Kier alpha value is -2.56. The largest absolute Gasteiger partial charge is 0.493 e. The predicted molar refractivity (Wildman–Crippen MR) is 94.2 cm³/mol. The molecule has 1 amide bonds. The summed E-state index contributed by atoms with van der Waals surface area (Å²) in [5, 5.41) is 2.97. The van der Waals surface area contributed by atoms with Gasteiger partial charge in [-0.15, -0.1) is 0 Å². The number of aryl methyl sites for hydroxylation is 3. The van der Waals surface area contributed by atoms with E-state index in [4.69, 9.17) is 4.74 Å². The van der Waals surface area contributed by atoms with Crippen LogP contribution in [0, 0.1) is 6.92 Å². The minimum absolute atomic E-state index is 0.0710. The smallest absolute Gasteiger partial charge is 0.254 e. The molecule has 0 radical (unpaired) electrons. The van der Waals surface area contributed by atoms with Gasteiger partial charge in [0.15, 0.2) is 5.78 Å². The van der Waals surface area contributed by atoms with Crippen LogP contribution in [0.4, 0.5) is 0 Å². The molecule has 0 bridgehead atoms. The van der Waals surface area contributed by atoms with E-state index in [0.29, 0.717) is 24.1 Å². The van der Waals surface area contributed by atoms with Crippen molar-refractivity contribution in [1.82, 2.24) is 10.3 Å². The minimum Gasteiger partial charge on any atom is -0.493 e. The van der Waals surface area contributed by atoms with Gasteiger partial charge in [0.25, 0.3) is 5.91 Å². The third-order valence-corrected chi connectivity index (χ3v) is 5.03. The first kappa shape index (κ1) is 15.9. The van der Waals surface area contributed by atoms with Gasteiger partial charge in [-0.3, -0.25) is 9.59 Å². The molecule has 130 valence electrons. The van der Waals surface area contributed by atoms with Crippen LogP contribution in [0.5, 0.6) is 5.75 Å². The number of aromatic nitrogens is 1. The molecule has 1 aromatic heterocycles. The Labute approximate surface area is 146 Å². The highest BCUT2D eigenvalue weighted by Crippen LogP contribution is 2.27. The number of fused-ring (bicyclic) bond motifs is 2. The van der Waals surface area contributed by atoms with Crippen LogP contribution < -0.4 is 10.1 Å². The summed E-state index contributed by atoms with van der Waals surface area (Å²) in [4.78, 5) is 28.2. The molecule has 0 atom stereocenters. The summed E-state index contributed by atoms with van der Waals surface area (Å²) in [5.74, 6) is 0.836. The van der Waals surface area contributed by atoms with Crippen LogP contribution in [0.15, 0.2) is 18.2 Å². The van der Waals surface area contributed by atoms with E-state index in [1.807, 2.05) is 19.1 Å². The fourth-order valence-electron chi connectivity index (χ4n) is 3.81. The van der Waals surface area contributed by atoms with Gasteiger partial charge in [-0.1, -0.05) is 12.1 Å². The van der Waals surface area contributed by atoms with Crippen molar-refractivity contribution in [1.29, 1.82) is 0 Å². The molecule has 5 nitrogen and oxygen atoms in total. The Kier molecular flexibility index (Phi) is 4.07. The molecule has 1 aliphatic heterocycles. The van der Waals surface area contributed by atoms with E-state index in [0.717, 1.165) is 55.0 Å². The average Bonchev–Trinajstić information content (AvgIpc) is 2.97. The first-order valence-electron chi connectivity index (χ1n) is 8.91. The summed E-state index contributed by atoms with van der Waals surface area (Å²) in [6, 6.07) is 6.05. The van der Waals surface area contributed by atoms with Gasteiger partial charge < -0.3 is 15.0 Å². The number of amides is 1. The molecule has 2 aliphatic rings. The molecule has 1 aromatic carbocycles. The second kappa shape index (κ2) is 6.39. The highest BCUT2D eigenvalue weighted by atomic mass is 16.5. The number of ketones is 1. The number of nitrogens with one attached hydrogen (secondary N) is 2. The monoisotopic (exact) mass is 338 g/mol. The van der Waals surface area contributed by atoms with Crippen LogP contribution in [0.3, 0.4) is 0 Å². The molecule has 2 heterocycles. The lowest BCUT2D eigenvalue weighted by Gasteiger charge is -2.18. The van der Waals surface area contributed by atoms with Gasteiger partial charge in [0.1, 0.15) is 5.75 Å². The van der Waals surface area contributed by atoms with Crippen molar-refractivity contribution in [2.45, 2.75) is 45.6 Å². The SMILES string of the molecule is Cc1[nH]c2c(c1C(=O)NCc1ccc3c(c1)CCCO3)C(=O)CCC2. The molecule has 5 heteroatoms. The number of hydrogen-bond donors (Lipinski definition) is 2. The molecule has 0 fully saturated rings. The highest BCUT2D eigenvalue weighted by Gasteiger charge is 2.28. The lowest BCUT2D eigenvalue weighted by molar-refractivity contribution is 0.0926. The van der Waals surface area contributed by atoms with Crippen molar-refractivity contribution in [3.63, 3.8) is 0 Å². The van der Waals surface area contributed by atoms with Crippen molar-refractivity contribution >= 4 is 11.7 Å². The number of rotatable bonds is 3. The summed E-state index contributed by atoms with van der Waals surface area (Å²) in [6.07, 6.45) is 4.25. The van der Waals surface area contributed by atoms with Crippen LogP contribution in [0.1, 0.15) is 62.5 Å². The maximum absolute atomic E-state index is 12.7. The van der Waals surface area contributed by atoms with E-state index in [1.54, 1.807) is 0 Å². The van der Waals surface area contributed by atoms with Crippen molar-refractivity contribution < 1.29 is 14.3 Å². The molecule has 0 saturated heterocycles. The molecule has 4 rings (SSSR count). The Morgan fingerprint density at radius 1 is 1.24 bits per heavy atom. The standard InChI is InChI=1S/C20H22N2O3/c1-12-18(19-15(22-12)5-2-6-16(19)23)20(24)21-11-13-7-8-17-14(10-13)4-3-9-25-17/h7-8,10,22H,2-6,9,11H2,1H3,(H,21,24). The van der Waals surface area contributed by atoms with Crippen molar-refractivity contribution in [3.8, 4) is 5.75 Å². The van der Waals surface area contributed by atoms with Gasteiger partial charge in [0, 0.05) is 24.4 Å². The van der Waals surface area contributed by atoms with Gasteiger partial charge in [-0.2, -0.15) is 0 Å². The third kappa shape index (κ3) is 2.95. The Morgan fingerprint density at radius 2 is 2.12 bits per heavy atom. The number of hydrogen-bond acceptors (Lipinski definition) is 3. The Balaban J connectivity index is 1.52. The summed E-state index contributed by atoms with van der Waals surface area (Å²) in [7, 11) is 0. The lowest BCUT2D eigenvalue weighted by atomic mass is 9.93. The fourth-order valence-corrected chi connectivity index (χ4v) is 3.81. The van der Waals surface area contributed by atoms with Gasteiger partial charge in [0.2, 0.25) is 0 Å². The average molecular weight is 338 g/mol. The van der Waals surface area contributed by atoms with Crippen LogP contribution >= 0.6 is 0 Å². The first-order valence-corrected chi connectivity index (χ1v) is 8.91. The molecular formula is C20H22N2O3. The van der Waals surface area contributed by atoms with Crippen molar-refractivity contribution in [2.24, 2.45) is 0 Å². The van der Waals surface area contributed by atoms with Crippen molar-refractivity contribution in [3.05, 3.63) is 51.8 Å². The molecule has 25 heavy (non-hydrogen) atoms. The first-order chi connectivity index (χ1) is 12.1. The maximum Gasteiger partial charge on any atom is 0.254 e. The van der Waals surface area contributed by atoms with Gasteiger partial charge in [-0.25, -0.2) is 0 Å². The van der Waals surface area contributed by atoms with E-state index in [2.05, 4.69) is 16.4 Å². The molecule has 2 N–H and O–H groups in total. The molecule has 0 unspecified atom stereocenters. The topological polar surface area (TPSA) is 71.2 Å². The second-order valence-corrected chi connectivity index (χ2v) is 6.83. The number of H-pyrrole nitrogens is 1. The zero-order chi connectivity index (χ0) is 17.4. The molecule has 0 spiro atoms. The number of carbonyl (C=O) groups is 2. The second-order valence-electron chi connectivity index (χ2n) is 6.83. The summed E-state index contributed by atoms with van der Waals surface area (Å²) >= 11 is 0. The highest BCUT2D eigenvalue weighted by molar-refractivity contribution is 6.10. The van der Waals surface area contributed by atoms with Crippen molar-refractivity contribution in [2.75, 3.05) is 6.61 Å². The lowest BCUT2D eigenvalue weighted by Crippen LogP contribution is -2.26. The molecule has 1 aliphatic carbocycles. The fraction of sp³-hybridized carbons (Fsp3) is 0.400. The number of benzene rings is 1. The molecule has 2 aromatic rings. The Bertz CT molecular complexity index is 851. The van der Waals surface area contributed by atoms with E-state index in [-0.39, 0.29) is 11.7 Å². The van der Waals surface area contributed by atoms with Crippen LogP contribution in [-0.4, -0.2) is 23.3 Å². The summed E-state index contributed by atoms with van der Waals surface area (Å²) < 4.78 is 5.62. The number of carbonyl (C=O) groups excluding carboxylic acids is 2. The zero-order valence-electron chi connectivity index (χ0n) is 14.4. The normalized spacial score (nSPS) is 16.0. The minimum atomic E-state index is -0.181. The van der Waals surface area contributed by atoms with E-state index in [1.165, 1.54) is 5.56 Å². The maximum atomic E-state index is 12.7. The van der Waals surface area contributed by atoms with Gasteiger partial charge >= 0.3 is 0 Å². The van der Waals surface area contributed by atoms with E-state index in [9.17, 15) is 9.59 Å². The van der Waals surface area contributed by atoms with E-state index < -0.39 is 0 Å². The van der Waals surface area contributed by atoms with Gasteiger partial charge in [0.05, 0.1) is 17.7 Å². The van der Waals surface area contributed by atoms with Crippen LogP contribution in [-0.2, 0) is 19.4 Å². The Morgan fingerprint density at radius 3 is 3.00 bits per heavy atom. The summed E-state index contributed by atoms with van der Waals surface area (Å²) in [6.45, 7) is 3.07. The summed E-state index contributed by atoms with van der Waals surface area (Å²) in [5.41, 5.74) is 5.04. The van der Waals surface area contributed by atoms with E-state index >= 15 is 0 Å². The third-order valence-electron chi connectivity index (χ3n) is 5.03. The molecule has 0 saturated carbocycles. The quantitative estimate of drug-likeness (QED) is 0.903. The predicted octanol–water partition coefficient (Wildman–Crippen LogP) is 3.10. The zero-order valence-corrected chi connectivity index (χ0v) is 14.4. The number of aromatic amines is 1. The molecular weight excluding hydrogens is 316 g/mol. The number of ether oxygens (including phenoxy) is 1.